The van der Waals surface area contributed by atoms with E-state index in [0.717, 1.165) is 0 Å². The molecule has 1 heterocycles. The van der Waals surface area contributed by atoms with Crippen molar-refractivity contribution in [2.24, 2.45) is 0 Å². The smallest absolute Gasteiger partial charge is 0.0544 e. The van der Waals surface area contributed by atoms with Gasteiger partial charge in [0.05, 0.1) is 11.0 Å². The van der Waals surface area contributed by atoms with E-state index in [1.54, 1.807) is 0 Å². The molecule has 1 nitrogen and oxygen atoms in total. The van der Waals surface area contributed by atoms with Gasteiger partial charge in [-0.3, -0.25) is 0 Å². The van der Waals surface area contributed by atoms with Crippen LogP contribution in [0.15, 0.2) is 164 Å². The van der Waals surface area contributed by atoms with Gasteiger partial charge in [-0.1, -0.05) is 149 Å². The molecule has 0 saturated carbocycles. The highest BCUT2D eigenvalue weighted by atomic mass is 15.0. The molecular formula is C54H39N. The Labute approximate surface area is 321 Å². The predicted octanol–water partition coefficient (Wildman–Crippen LogP) is 14.5. The molecule has 0 saturated heterocycles. The third kappa shape index (κ3) is 4.03. The Hall–Kier alpha value is -6.44. The topological polar surface area (TPSA) is 4.93 Å². The van der Waals surface area contributed by atoms with Crippen LogP contribution in [0.5, 0.6) is 0 Å². The minimum atomic E-state index is -0.0838. The van der Waals surface area contributed by atoms with Gasteiger partial charge in [0.25, 0.3) is 0 Å². The molecule has 0 radical (unpaired) electrons. The van der Waals surface area contributed by atoms with Crippen LogP contribution >= 0.6 is 0 Å². The van der Waals surface area contributed by atoms with Crippen LogP contribution in [-0.4, -0.2) is 4.57 Å². The summed E-state index contributed by atoms with van der Waals surface area (Å²) >= 11 is 0. The monoisotopic (exact) mass is 701 g/mol. The molecule has 1 heteroatoms. The highest BCUT2D eigenvalue weighted by Crippen LogP contribution is 2.54. The van der Waals surface area contributed by atoms with Crippen LogP contribution in [-0.2, 0) is 10.8 Å². The van der Waals surface area contributed by atoms with Crippen molar-refractivity contribution < 1.29 is 0 Å². The van der Waals surface area contributed by atoms with Gasteiger partial charge in [-0.15, -0.1) is 0 Å². The molecule has 0 N–H and O–H groups in total. The first-order chi connectivity index (χ1) is 26.8. The fourth-order valence-electron chi connectivity index (χ4n) is 10.6. The Balaban J connectivity index is 1.08. The molecule has 0 unspecified atom stereocenters. The van der Waals surface area contributed by atoms with Crippen molar-refractivity contribution in [1.82, 2.24) is 4.57 Å². The van der Waals surface area contributed by atoms with Crippen molar-refractivity contribution in [3.05, 3.63) is 186 Å². The summed E-state index contributed by atoms with van der Waals surface area (Å²) in [4.78, 5) is 0. The quantitative estimate of drug-likeness (QED) is 0.158. The number of benzene rings is 9. The summed E-state index contributed by atoms with van der Waals surface area (Å²) in [6.07, 6.45) is 0. The molecule has 0 aliphatic heterocycles. The van der Waals surface area contributed by atoms with Gasteiger partial charge in [-0.2, -0.15) is 0 Å². The second-order valence-corrected chi connectivity index (χ2v) is 16.9. The van der Waals surface area contributed by atoms with E-state index in [4.69, 9.17) is 0 Å². The van der Waals surface area contributed by atoms with Crippen LogP contribution in [0.4, 0.5) is 0 Å². The normalized spacial score (nSPS) is 14.8. The summed E-state index contributed by atoms with van der Waals surface area (Å²) < 4.78 is 2.53. The molecule has 0 bridgehead atoms. The number of fused-ring (bicyclic) bond motifs is 15. The predicted molar refractivity (Wildman–Crippen MR) is 234 cm³/mol. The van der Waals surface area contributed by atoms with Crippen LogP contribution in [0.2, 0.25) is 0 Å². The maximum atomic E-state index is 2.53. The zero-order valence-electron chi connectivity index (χ0n) is 31.5. The summed E-state index contributed by atoms with van der Waals surface area (Å²) in [6.45, 7) is 9.54. The molecule has 0 fully saturated rings. The Morgan fingerprint density at radius 2 is 0.727 bits per heavy atom. The first kappa shape index (κ1) is 31.0. The molecule has 2 aliphatic carbocycles. The van der Waals surface area contributed by atoms with Crippen LogP contribution < -0.4 is 0 Å². The molecule has 260 valence electrons. The third-order valence-corrected chi connectivity index (χ3v) is 13.4. The molecule has 55 heavy (non-hydrogen) atoms. The summed E-state index contributed by atoms with van der Waals surface area (Å²) in [6, 6.07) is 61.9. The Kier molecular flexibility index (Phi) is 5.98. The SMILES string of the molecule is CC1(C)c2ccccc2-c2cc3c4cc5c(cc4n(-c4ccc(-c6ccc7c8ccccc8c8ccccc8c7c6)cc4)c3cc21)C(C)(C)c1ccccc1-5. The Morgan fingerprint density at radius 1 is 0.309 bits per heavy atom. The van der Waals surface area contributed by atoms with Gasteiger partial charge in [0.2, 0.25) is 0 Å². The number of rotatable bonds is 2. The van der Waals surface area contributed by atoms with E-state index in [9.17, 15) is 0 Å². The Bertz CT molecular complexity index is 3140. The van der Waals surface area contributed by atoms with Crippen molar-refractivity contribution in [2.75, 3.05) is 0 Å². The molecule has 9 aromatic carbocycles. The van der Waals surface area contributed by atoms with E-state index in [2.05, 4.69) is 196 Å². The second kappa shape index (κ2) is 10.6. The summed E-state index contributed by atoms with van der Waals surface area (Å²) in [5, 5.41) is 10.4. The third-order valence-electron chi connectivity index (χ3n) is 13.4. The zero-order valence-corrected chi connectivity index (χ0v) is 31.5. The minimum absolute atomic E-state index is 0.0838. The van der Waals surface area contributed by atoms with Gasteiger partial charge in [0.1, 0.15) is 0 Å². The molecule has 0 amide bonds. The number of hydrogen-bond acceptors (Lipinski definition) is 0. The van der Waals surface area contributed by atoms with Gasteiger partial charge in [0.15, 0.2) is 0 Å². The molecule has 2 aliphatic rings. The molecular weight excluding hydrogens is 663 g/mol. The van der Waals surface area contributed by atoms with Crippen LogP contribution in [0, 0.1) is 0 Å². The highest BCUT2D eigenvalue weighted by molar-refractivity contribution is 6.25. The van der Waals surface area contributed by atoms with Gasteiger partial charge >= 0.3 is 0 Å². The van der Waals surface area contributed by atoms with Crippen LogP contribution in [0.1, 0.15) is 49.9 Å². The second-order valence-electron chi connectivity index (χ2n) is 16.9. The molecule has 10 aromatic rings. The van der Waals surface area contributed by atoms with Crippen molar-refractivity contribution >= 4 is 54.1 Å². The average molecular weight is 702 g/mol. The van der Waals surface area contributed by atoms with Crippen molar-refractivity contribution in [3.8, 4) is 39.1 Å². The summed E-state index contributed by atoms with van der Waals surface area (Å²) in [5.74, 6) is 0. The van der Waals surface area contributed by atoms with E-state index in [1.165, 1.54) is 115 Å². The van der Waals surface area contributed by atoms with Crippen molar-refractivity contribution in [3.63, 3.8) is 0 Å². The van der Waals surface area contributed by atoms with Crippen LogP contribution in [0.3, 0.4) is 0 Å². The lowest BCUT2D eigenvalue weighted by molar-refractivity contribution is 0.660. The lowest BCUT2D eigenvalue weighted by Gasteiger charge is -2.22. The number of nitrogens with zero attached hydrogens (tertiary/aromatic N) is 1. The van der Waals surface area contributed by atoms with Crippen molar-refractivity contribution in [1.29, 1.82) is 0 Å². The van der Waals surface area contributed by atoms with Gasteiger partial charge < -0.3 is 4.57 Å². The van der Waals surface area contributed by atoms with E-state index < -0.39 is 0 Å². The van der Waals surface area contributed by atoms with E-state index >= 15 is 0 Å². The standard InChI is InChI=1S/C54H39N/c1-53(2)47-19-11-9-17-40(47)43-28-45-46-29-44-41-18-10-12-20-48(41)54(3,4)50(44)31-52(46)55(51(45)30-49(43)53)34-24-21-32(22-25-34)33-23-26-39-37-15-6-5-13-35(37)36-14-7-8-16-38(36)42(39)27-33/h5-31H,1-4H3. The molecule has 1 aromatic heterocycles. The Morgan fingerprint density at radius 3 is 1.24 bits per heavy atom. The maximum Gasteiger partial charge on any atom is 0.0544 e. The molecule has 12 rings (SSSR count). The maximum absolute atomic E-state index is 2.53. The summed E-state index contributed by atoms with van der Waals surface area (Å²) in [5.41, 5.74) is 17.1. The first-order valence-corrected chi connectivity index (χ1v) is 19.6. The number of hydrogen-bond donors (Lipinski definition) is 0. The van der Waals surface area contributed by atoms with Gasteiger partial charge in [-0.25, -0.2) is 0 Å². The first-order valence-electron chi connectivity index (χ1n) is 19.6. The van der Waals surface area contributed by atoms with E-state index in [0.29, 0.717) is 0 Å². The fraction of sp³-hybridized carbons (Fsp3) is 0.111. The van der Waals surface area contributed by atoms with Crippen molar-refractivity contribution in [2.45, 2.75) is 38.5 Å². The minimum Gasteiger partial charge on any atom is -0.309 e. The van der Waals surface area contributed by atoms with Crippen LogP contribution in [0.25, 0.3) is 93.2 Å². The van der Waals surface area contributed by atoms with E-state index in [1.807, 2.05) is 0 Å². The van der Waals surface area contributed by atoms with Gasteiger partial charge in [0, 0.05) is 27.3 Å². The number of aromatic nitrogens is 1. The molecule has 0 atom stereocenters. The zero-order chi connectivity index (χ0) is 36.8. The lowest BCUT2D eigenvalue weighted by atomic mass is 9.82. The largest absolute Gasteiger partial charge is 0.309 e. The van der Waals surface area contributed by atoms with Gasteiger partial charge in [-0.05, 0) is 130 Å². The summed E-state index contributed by atoms with van der Waals surface area (Å²) in [7, 11) is 0. The fourth-order valence-corrected chi connectivity index (χ4v) is 10.6. The molecule has 0 spiro atoms. The van der Waals surface area contributed by atoms with E-state index in [-0.39, 0.29) is 10.8 Å². The lowest BCUT2D eigenvalue weighted by Crippen LogP contribution is -2.15. The average Bonchev–Trinajstić information content (AvgIpc) is 3.75. The highest BCUT2D eigenvalue weighted by Gasteiger charge is 2.38.